The number of aromatic nitrogens is 2. The maximum Gasteiger partial charge on any atom is 0.257 e. The Morgan fingerprint density at radius 1 is 1.35 bits per heavy atom. The van der Waals surface area contributed by atoms with Crippen molar-refractivity contribution in [2.75, 3.05) is 39.3 Å². The predicted octanol–water partition coefficient (Wildman–Crippen LogP) is -0.152. The topological polar surface area (TPSA) is 53.4 Å². The number of aryl methyl sites for hydroxylation is 2. The van der Waals surface area contributed by atoms with Gasteiger partial charge >= 0.3 is 0 Å². The van der Waals surface area contributed by atoms with Crippen LogP contribution < -0.4 is 5.32 Å². The van der Waals surface area contributed by atoms with Crippen LogP contribution in [-0.2, 0) is 7.05 Å². The van der Waals surface area contributed by atoms with Gasteiger partial charge in [-0.05, 0) is 13.3 Å². The second-order valence-electron chi connectivity index (χ2n) is 5.78. The first kappa shape index (κ1) is 13.6. The number of hydrogen-bond acceptors (Lipinski definition) is 4. The van der Waals surface area contributed by atoms with Crippen LogP contribution in [-0.4, -0.2) is 70.8 Å². The average molecular weight is 277 g/mol. The van der Waals surface area contributed by atoms with Crippen molar-refractivity contribution in [3.05, 3.63) is 17.5 Å². The predicted molar refractivity (Wildman–Crippen MR) is 76.7 cm³/mol. The molecule has 3 rings (SSSR count). The largest absolute Gasteiger partial charge is 0.337 e. The number of rotatable bonds is 2. The minimum atomic E-state index is 0.133. The molecule has 1 amide bonds. The highest BCUT2D eigenvalue weighted by atomic mass is 16.2. The lowest BCUT2D eigenvalue weighted by molar-refractivity contribution is 0.0772. The molecule has 0 spiro atoms. The third-order valence-electron chi connectivity index (χ3n) is 4.36. The molecule has 6 nitrogen and oxygen atoms in total. The Balaban J connectivity index is 1.64. The molecule has 0 aromatic carbocycles. The molecule has 1 aromatic rings. The van der Waals surface area contributed by atoms with Crippen LogP contribution in [0.1, 0.15) is 22.5 Å². The first-order valence-corrected chi connectivity index (χ1v) is 7.39. The molecule has 0 saturated carbocycles. The Morgan fingerprint density at radius 2 is 2.10 bits per heavy atom. The molecule has 110 valence electrons. The van der Waals surface area contributed by atoms with Gasteiger partial charge in [0.1, 0.15) is 0 Å². The molecule has 1 aromatic heterocycles. The summed E-state index contributed by atoms with van der Waals surface area (Å²) in [6, 6.07) is 0.526. The number of amides is 1. The molecule has 0 aliphatic carbocycles. The van der Waals surface area contributed by atoms with E-state index in [0.717, 1.165) is 56.9 Å². The van der Waals surface area contributed by atoms with E-state index in [9.17, 15) is 4.79 Å². The number of carbonyl (C=O) groups excluding carboxylic acids is 1. The summed E-state index contributed by atoms with van der Waals surface area (Å²) in [6.45, 7) is 7.93. The van der Waals surface area contributed by atoms with Gasteiger partial charge in [-0.15, -0.1) is 0 Å². The number of carbonyl (C=O) groups is 1. The molecule has 0 bridgehead atoms. The number of likely N-dealkylation sites (tertiary alicyclic amines) is 1. The van der Waals surface area contributed by atoms with Crippen molar-refractivity contribution in [1.29, 1.82) is 0 Å². The van der Waals surface area contributed by atoms with E-state index in [1.165, 1.54) is 0 Å². The molecule has 1 N–H and O–H groups in total. The fourth-order valence-corrected chi connectivity index (χ4v) is 3.25. The summed E-state index contributed by atoms with van der Waals surface area (Å²) in [5.74, 6) is 0.133. The Bertz CT molecular complexity index is 492. The first-order chi connectivity index (χ1) is 9.65. The zero-order valence-electron chi connectivity index (χ0n) is 12.3. The maximum atomic E-state index is 12.6. The van der Waals surface area contributed by atoms with Crippen LogP contribution in [0.15, 0.2) is 6.20 Å². The lowest BCUT2D eigenvalue weighted by Gasteiger charge is -2.32. The molecular formula is C14H23N5O. The van der Waals surface area contributed by atoms with Gasteiger partial charge in [0.15, 0.2) is 0 Å². The standard InChI is InChI=1S/C14H23N5O/c1-11-13(10-17(2)16-11)14(20)19-6-3-12(9-19)18-7-4-15-5-8-18/h10,12,15H,3-9H2,1-2H3. The van der Waals surface area contributed by atoms with Gasteiger partial charge in [0.05, 0.1) is 11.3 Å². The van der Waals surface area contributed by atoms with Gasteiger partial charge in [0, 0.05) is 58.6 Å². The Kier molecular flexibility index (Phi) is 3.76. The highest BCUT2D eigenvalue weighted by Gasteiger charge is 2.32. The van der Waals surface area contributed by atoms with Gasteiger partial charge in [-0.2, -0.15) is 5.10 Å². The van der Waals surface area contributed by atoms with Gasteiger partial charge in [-0.3, -0.25) is 14.4 Å². The van der Waals surface area contributed by atoms with Gasteiger partial charge in [0.2, 0.25) is 0 Å². The summed E-state index contributed by atoms with van der Waals surface area (Å²) < 4.78 is 1.71. The monoisotopic (exact) mass is 277 g/mol. The summed E-state index contributed by atoms with van der Waals surface area (Å²) in [6.07, 6.45) is 2.92. The summed E-state index contributed by atoms with van der Waals surface area (Å²) in [5, 5.41) is 7.64. The summed E-state index contributed by atoms with van der Waals surface area (Å²) >= 11 is 0. The highest BCUT2D eigenvalue weighted by molar-refractivity contribution is 5.95. The van der Waals surface area contributed by atoms with Gasteiger partial charge in [-0.25, -0.2) is 0 Å². The van der Waals surface area contributed by atoms with Crippen molar-refractivity contribution < 1.29 is 4.79 Å². The van der Waals surface area contributed by atoms with Gasteiger partial charge in [0.25, 0.3) is 5.91 Å². The molecule has 2 aliphatic heterocycles. The third kappa shape index (κ3) is 2.58. The number of nitrogens with one attached hydrogen (secondary N) is 1. The van der Waals surface area contributed by atoms with Gasteiger partial charge in [-0.1, -0.05) is 0 Å². The molecule has 6 heteroatoms. The Morgan fingerprint density at radius 3 is 2.75 bits per heavy atom. The van der Waals surface area contributed by atoms with E-state index in [2.05, 4.69) is 15.3 Å². The normalized spacial score (nSPS) is 24.3. The van der Waals surface area contributed by atoms with E-state index < -0.39 is 0 Å². The minimum Gasteiger partial charge on any atom is -0.337 e. The van der Waals surface area contributed by atoms with Gasteiger partial charge < -0.3 is 10.2 Å². The molecule has 3 heterocycles. The Labute approximate surface area is 119 Å². The van der Waals surface area contributed by atoms with E-state index >= 15 is 0 Å². The van der Waals surface area contributed by atoms with Crippen molar-refractivity contribution in [2.24, 2.45) is 7.05 Å². The number of nitrogens with zero attached hydrogens (tertiary/aromatic N) is 4. The van der Waals surface area contributed by atoms with E-state index in [0.29, 0.717) is 6.04 Å². The van der Waals surface area contributed by atoms with E-state index in [-0.39, 0.29) is 5.91 Å². The van der Waals surface area contributed by atoms with Crippen LogP contribution >= 0.6 is 0 Å². The lowest BCUT2D eigenvalue weighted by Crippen LogP contribution is -2.49. The van der Waals surface area contributed by atoms with Crippen LogP contribution in [0, 0.1) is 6.92 Å². The number of piperazine rings is 1. The van der Waals surface area contributed by atoms with Crippen molar-refractivity contribution in [3.8, 4) is 0 Å². The number of hydrogen-bond donors (Lipinski definition) is 1. The summed E-state index contributed by atoms with van der Waals surface area (Å²) in [5.41, 5.74) is 1.57. The van der Waals surface area contributed by atoms with Crippen LogP contribution in [0.25, 0.3) is 0 Å². The second kappa shape index (κ2) is 5.54. The lowest BCUT2D eigenvalue weighted by atomic mass is 10.2. The van der Waals surface area contributed by atoms with Crippen LogP contribution in [0.3, 0.4) is 0 Å². The molecule has 20 heavy (non-hydrogen) atoms. The van der Waals surface area contributed by atoms with Crippen LogP contribution in [0.4, 0.5) is 0 Å². The summed E-state index contributed by atoms with van der Waals surface area (Å²) in [4.78, 5) is 17.0. The van der Waals surface area contributed by atoms with Crippen molar-refractivity contribution in [2.45, 2.75) is 19.4 Å². The van der Waals surface area contributed by atoms with E-state index in [1.54, 1.807) is 4.68 Å². The summed E-state index contributed by atoms with van der Waals surface area (Å²) in [7, 11) is 1.86. The second-order valence-corrected chi connectivity index (χ2v) is 5.78. The zero-order valence-corrected chi connectivity index (χ0v) is 12.3. The maximum absolute atomic E-state index is 12.6. The smallest absolute Gasteiger partial charge is 0.257 e. The molecule has 1 unspecified atom stereocenters. The zero-order chi connectivity index (χ0) is 14.1. The fraction of sp³-hybridized carbons (Fsp3) is 0.714. The van der Waals surface area contributed by atoms with Crippen LogP contribution in [0.2, 0.25) is 0 Å². The van der Waals surface area contributed by atoms with E-state index in [1.807, 2.05) is 25.1 Å². The fourth-order valence-electron chi connectivity index (χ4n) is 3.25. The minimum absolute atomic E-state index is 0.133. The van der Waals surface area contributed by atoms with Crippen molar-refractivity contribution in [3.63, 3.8) is 0 Å². The van der Waals surface area contributed by atoms with Crippen molar-refractivity contribution >= 4 is 5.91 Å². The quantitative estimate of drug-likeness (QED) is 0.817. The molecule has 0 radical (unpaired) electrons. The first-order valence-electron chi connectivity index (χ1n) is 7.39. The molecule has 2 aliphatic rings. The molecule has 2 saturated heterocycles. The third-order valence-corrected chi connectivity index (χ3v) is 4.36. The molecule has 1 atom stereocenters. The SMILES string of the molecule is Cc1nn(C)cc1C(=O)N1CCC(N2CCNCC2)C1. The van der Waals surface area contributed by atoms with E-state index in [4.69, 9.17) is 0 Å². The Hall–Kier alpha value is -1.40. The highest BCUT2D eigenvalue weighted by Crippen LogP contribution is 2.19. The van der Waals surface area contributed by atoms with Crippen LogP contribution in [0.5, 0.6) is 0 Å². The molecular weight excluding hydrogens is 254 g/mol. The average Bonchev–Trinajstić information content (AvgIpc) is 3.06. The van der Waals surface area contributed by atoms with Crippen molar-refractivity contribution in [1.82, 2.24) is 24.9 Å². The molecule has 2 fully saturated rings.